The Hall–Kier alpha value is -1.87. The van der Waals surface area contributed by atoms with E-state index in [1.807, 2.05) is 55.6 Å². The number of ether oxygens (including phenoxy) is 1. The van der Waals surface area contributed by atoms with Crippen molar-refractivity contribution >= 4 is 27.8 Å². The lowest BCUT2D eigenvalue weighted by Crippen LogP contribution is -1.97. The Kier molecular flexibility index (Phi) is 5.13. The van der Waals surface area contributed by atoms with Crippen molar-refractivity contribution in [3.63, 3.8) is 0 Å². The van der Waals surface area contributed by atoms with Gasteiger partial charge in [-0.15, -0.1) is 0 Å². The molecule has 2 rings (SSSR count). The molecule has 0 aliphatic carbocycles. The van der Waals surface area contributed by atoms with Crippen molar-refractivity contribution in [3.05, 3.63) is 70.7 Å². The highest BCUT2D eigenvalue weighted by Crippen LogP contribution is 2.23. The number of aliphatic imine (C=N–C) groups is 1. The maximum atomic E-state index is 5.63. The van der Waals surface area contributed by atoms with Gasteiger partial charge in [-0.2, -0.15) is 0 Å². The van der Waals surface area contributed by atoms with Crippen molar-refractivity contribution in [2.24, 2.45) is 4.99 Å². The standard InChI is InChI=1S/C17H16BrNO/c1-3-10-20-17-9-8-15(18)11-14(17)12-19-16-7-5-4-6-13(16)2/h3-9,11-12H,1,10H2,2H3. The highest BCUT2D eigenvalue weighted by atomic mass is 79.9. The lowest BCUT2D eigenvalue weighted by molar-refractivity contribution is 0.362. The topological polar surface area (TPSA) is 21.6 Å². The third-order valence-corrected chi connectivity index (χ3v) is 3.28. The van der Waals surface area contributed by atoms with Crippen LogP contribution in [-0.2, 0) is 0 Å². The van der Waals surface area contributed by atoms with E-state index in [9.17, 15) is 0 Å². The van der Waals surface area contributed by atoms with E-state index in [1.54, 1.807) is 6.08 Å². The molecule has 0 amide bonds. The summed E-state index contributed by atoms with van der Waals surface area (Å²) in [5.74, 6) is 0.797. The molecule has 0 N–H and O–H groups in total. The van der Waals surface area contributed by atoms with Crippen LogP contribution < -0.4 is 4.74 Å². The zero-order chi connectivity index (χ0) is 14.4. The average molecular weight is 330 g/mol. The van der Waals surface area contributed by atoms with Gasteiger partial charge < -0.3 is 4.74 Å². The fourth-order valence-electron chi connectivity index (χ4n) is 1.75. The minimum absolute atomic E-state index is 0.479. The molecule has 0 radical (unpaired) electrons. The van der Waals surface area contributed by atoms with Gasteiger partial charge in [-0.05, 0) is 36.8 Å². The van der Waals surface area contributed by atoms with E-state index in [2.05, 4.69) is 27.5 Å². The van der Waals surface area contributed by atoms with Crippen LogP contribution in [0, 0.1) is 6.92 Å². The average Bonchev–Trinajstić information content (AvgIpc) is 2.45. The van der Waals surface area contributed by atoms with Crippen LogP contribution in [0.3, 0.4) is 0 Å². The maximum absolute atomic E-state index is 5.63. The lowest BCUT2D eigenvalue weighted by atomic mass is 10.2. The maximum Gasteiger partial charge on any atom is 0.128 e. The van der Waals surface area contributed by atoms with E-state index in [0.717, 1.165) is 27.0 Å². The van der Waals surface area contributed by atoms with Crippen molar-refractivity contribution < 1.29 is 4.74 Å². The van der Waals surface area contributed by atoms with Gasteiger partial charge in [0.2, 0.25) is 0 Å². The second-order valence-electron chi connectivity index (χ2n) is 4.33. The molecule has 0 bridgehead atoms. The summed E-state index contributed by atoms with van der Waals surface area (Å²) in [4.78, 5) is 4.53. The molecule has 0 aliphatic rings. The van der Waals surface area contributed by atoms with Crippen LogP contribution in [0.25, 0.3) is 0 Å². The summed E-state index contributed by atoms with van der Waals surface area (Å²) < 4.78 is 6.62. The van der Waals surface area contributed by atoms with Gasteiger partial charge in [-0.3, -0.25) is 4.99 Å². The first-order valence-electron chi connectivity index (χ1n) is 6.33. The van der Waals surface area contributed by atoms with Gasteiger partial charge in [0.15, 0.2) is 0 Å². The number of rotatable bonds is 5. The quantitative estimate of drug-likeness (QED) is 0.554. The van der Waals surface area contributed by atoms with Crippen LogP contribution in [-0.4, -0.2) is 12.8 Å². The third kappa shape index (κ3) is 3.81. The zero-order valence-electron chi connectivity index (χ0n) is 11.3. The summed E-state index contributed by atoms with van der Waals surface area (Å²) in [6.07, 6.45) is 3.55. The van der Waals surface area contributed by atoms with Crippen molar-refractivity contribution in [3.8, 4) is 5.75 Å². The monoisotopic (exact) mass is 329 g/mol. The van der Waals surface area contributed by atoms with Crippen LogP contribution in [0.15, 0.2) is 64.6 Å². The van der Waals surface area contributed by atoms with Gasteiger partial charge in [0.1, 0.15) is 12.4 Å². The smallest absolute Gasteiger partial charge is 0.128 e. The van der Waals surface area contributed by atoms with Crippen molar-refractivity contribution in [2.75, 3.05) is 6.61 Å². The number of nitrogens with zero attached hydrogens (tertiary/aromatic N) is 1. The first kappa shape index (κ1) is 14.5. The molecule has 102 valence electrons. The molecule has 3 heteroatoms. The highest BCUT2D eigenvalue weighted by molar-refractivity contribution is 9.10. The second-order valence-corrected chi connectivity index (χ2v) is 5.24. The minimum atomic E-state index is 0.479. The first-order chi connectivity index (χ1) is 9.70. The molecule has 0 saturated carbocycles. The van der Waals surface area contributed by atoms with E-state index in [4.69, 9.17) is 4.74 Å². The molecule has 0 heterocycles. The Morgan fingerprint density at radius 2 is 2.05 bits per heavy atom. The molecule has 0 aliphatic heterocycles. The number of aryl methyl sites for hydroxylation is 1. The van der Waals surface area contributed by atoms with E-state index < -0.39 is 0 Å². The third-order valence-electron chi connectivity index (χ3n) is 2.79. The molecule has 20 heavy (non-hydrogen) atoms. The Morgan fingerprint density at radius 3 is 2.80 bits per heavy atom. The van der Waals surface area contributed by atoms with Crippen molar-refractivity contribution in [1.82, 2.24) is 0 Å². The van der Waals surface area contributed by atoms with Gasteiger partial charge in [-0.25, -0.2) is 0 Å². The molecule has 0 unspecified atom stereocenters. The number of para-hydroxylation sites is 1. The van der Waals surface area contributed by atoms with Crippen LogP contribution in [0.2, 0.25) is 0 Å². The van der Waals surface area contributed by atoms with Crippen LogP contribution in [0.5, 0.6) is 5.75 Å². The first-order valence-corrected chi connectivity index (χ1v) is 7.13. The molecular weight excluding hydrogens is 314 g/mol. The Labute approximate surface area is 128 Å². The van der Waals surface area contributed by atoms with Crippen LogP contribution in [0.4, 0.5) is 5.69 Å². The summed E-state index contributed by atoms with van der Waals surface area (Å²) in [5, 5.41) is 0. The minimum Gasteiger partial charge on any atom is -0.489 e. The van der Waals surface area contributed by atoms with Crippen LogP contribution >= 0.6 is 15.9 Å². The predicted octanol–water partition coefficient (Wildman–Crippen LogP) is 5.07. The second kappa shape index (κ2) is 7.06. The van der Waals surface area contributed by atoms with Crippen molar-refractivity contribution in [2.45, 2.75) is 6.92 Å². The molecule has 0 aromatic heterocycles. The lowest BCUT2D eigenvalue weighted by Gasteiger charge is -2.07. The largest absolute Gasteiger partial charge is 0.489 e. The molecule has 0 fully saturated rings. The van der Waals surface area contributed by atoms with Gasteiger partial charge in [-0.1, -0.05) is 46.8 Å². The molecular formula is C17H16BrNO. The van der Waals surface area contributed by atoms with E-state index in [0.29, 0.717) is 6.61 Å². The Balaban J connectivity index is 2.29. The van der Waals surface area contributed by atoms with E-state index >= 15 is 0 Å². The number of hydrogen-bond donors (Lipinski definition) is 0. The summed E-state index contributed by atoms with van der Waals surface area (Å²) in [6.45, 7) is 6.18. The summed E-state index contributed by atoms with van der Waals surface area (Å²) >= 11 is 3.47. The normalized spacial score (nSPS) is 10.7. The fraction of sp³-hybridized carbons (Fsp3) is 0.118. The van der Waals surface area contributed by atoms with Gasteiger partial charge in [0.25, 0.3) is 0 Å². The molecule has 0 atom stereocenters. The number of hydrogen-bond acceptors (Lipinski definition) is 2. The summed E-state index contributed by atoms with van der Waals surface area (Å²) in [5.41, 5.74) is 3.04. The SMILES string of the molecule is C=CCOc1ccc(Br)cc1C=Nc1ccccc1C. The molecule has 0 spiro atoms. The van der Waals surface area contributed by atoms with E-state index in [-0.39, 0.29) is 0 Å². The zero-order valence-corrected chi connectivity index (χ0v) is 12.9. The molecule has 2 aromatic rings. The van der Waals surface area contributed by atoms with Gasteiger partial charge in [0, 0.05) is 16.3 Å². The fourth-order valence-corrected chi connectivity index (χ4v) is 2.13. The van der Waals surface area contributed by atoms with Gasteiger partial charge in [0.05, 0.1) is 5.69 Å². The Morgan fingerprint density at radius 1 is 1.25 bits per heavy atom. The molecule has 0 saturated heterocycles. The van der Waals surface area contributed by atoms with Crippen molar-refractivity contribution in [1.29, 1.82) is 0 Å². The van der Waals surface area contributed by atoms with Crippen LogP contribution in [0.1, 0.15) is 11.1 Å². The molecule has 2 aromatic carbocycles. The Bertz CT molecular complexity index is 635. The highest BCUT2D eigenvalue weighted by Gasteiger charge is 2.02. The van der Waals surface area contributed by atoms with E-state index in [1.165, 1.54) is 0 Å². The number of halogens is 1. The van der Waals surface area contributed by atoms with Gasteiger partial charge >= 0.3 is 0 Å². The summed E-state index contributed by atoms with van der Waals surface area (Å²) in [7, 11) is 0. The molecule has 2 nitrogen and oxygen atoms in total. The summed E-state index contributed by atoms with van der Waals surface area (Å²) in [6, 6.07) is 13.9. The predicted molar refractivity (Wildman–Crippen MR) is 88.3 cm³/mol. The number of benzene rings is 2.